The molecule has 2 rings (SSSR count). The normalized spacial score (nSPS) is 17.7. The Morgan fingerprint density at radius 3 is 3.00 bits per heavy atom. The number of aliphatic hydroxyl groups is 1. The highest BCUT2D eigenvalue weighted by molar-refractivity contribution is 5.27. The summed E-state index contributed by atoms with van der Waals surface area (Å²) in [5.41, 5.74) is 0.346. The molecular formula is C11H19N3O. The highest BCUT2D eigenvalue weighted by Crippen LogP contribution is 2.48. The van der Waals surface area contributed by atoms with E-state index in [-0.39, 0.29) is 0 Å². The van der Waals surface area contributed by atoms with Gasteiger partial charge in [-0.3, -0.25) is 0 Å². The number of aryl methyl sites for hydroxylation is 1. The third-order valence-electron chi connectivity index (χ3n) is 3.28. The molecule has 0 bridgehead atoms. The molecule has 0 saturated heterocycles. The molecule has 1 fully saturated rings. The average Bonchev–Trinajstić information content (AvgIpc) is 2.86. The zero-order valence-electron chi connectivity index (χ0n) is 9.24. The summed E-state index contributed by atoms with van der Waals surface area (Å²) in [6, 6.07) is 0. The monoisotopic (exact) mass is 209 g/mol. The molecule has 1 aliphatic carbocycles. The molecule has 0 unspecified atom stereocenters. The van der Waals surface area contributed by atoms with Crippen LogP contribution < -0.4 is 5.32 Å². The van der Waals surface area contributed by atoms with Gasteiger partial charge in [0.05, 0.1) is 0 Å². The summed E-state index contributed by atoms with van der Waals surface area (Å²) in [7, 11) is 0. The van der Waals surface area contributed by atoms with Gasteiger partial charge in [-0.25, -0.2) is 4.98 Å². The highest BCUT2D eigenvalue weighted by Gasteiger charge is 2.41. The minimum absolute atomic E-state index is 0.296. The van der Waals surface area contributed by atoms with E-state index in [2.05, 4.69) is 21.8 Å². The Bertz CT molecular complexity index is 317. The van der Waals surface area contributed by atoms with Crippen molar-refractivity contribution in [3.05, 3.63) is 12.4 Å². The first kappa shape index (κ1) is 10.5. The average molecular weight is 209 g/mol. The van der Waals surface area contributed by atoms with Crippen LogP contribution in [0.25, 0.3) is 0 Å². The number of aromatic nitrogens is 2. The van der Waals surface area contributed by atoms with Crippen LogP contribution in [0.1, 0.15) is 26.2 Å². The summed E-state index contributed by atoms with van der Waals surface area (Å²) < 4.78 is 2.09. The van der Waals surface area contributed by atoms with Crippen molar-refractivity contribution in [2.24, 2.45) is 5.41 Å². The maximum Gasteiger partial charge on any atom is 0.202 e. The summed E-state index contributed by atoms with van der Waals surface area (Å²) in [6.45, 7) is 4.28. The highest BCUT2D eigenvalue weighted by atomic mass is 16.3. The van der Waals surface area contributed by atoms with Crippen LogP contribution in [0, 0.1) is 5.41 Å². The van der Waals surface area contributed by atoms with Crippen LogP contribution in [0.4, 0.5) is 5.95 Å². The van der Waals surface area contributed by atoms with E-state index in [1.807, 2.05) is 12.4 Å². The van der Waals surface area contributed by atoms with Crippen molar-refractivity contribution in [3.8, 4) is 0 Å². The van der Waals surface area contributed by atoms with Crippen LogP contribution in [-0.2, 0) is 6.54 Å². The van der Waals surface area contributed by atoms with Crippen LogP contribution in [-0.4, -0.2) is 27.8 Å². The Balaban J connectivity index is 1.88. The predicted octanol–water partition coefficient (Wildman–Crippen LogP) is 1.48. The van der Waals surface area contributed by atoms with Crippen LogP contribution in [0.5, 0.6) is 0 Å². The first-order valence-electron chi connectivity index (χ1n) is 5.65. The Morgan fingerprint density at radius 1 is 1.60 bits per heavy atom. The van der Waals surface area contributed by atoms with E-state index in [0.29, 0.717) is 12.0 Å². The van der Waals surface area contributed by atoms with Crippen LogP contribution >= 0.6 is 0 Å². The van der Waals surface area contributed by atoms with E-state index in [1.165, 1.54) is 12.8 Å². The van der Waals surface area contributed by atoms with Gasteiger partial charge in [0, 0.05) is 32.1 Å². The molecule has 0 atom stereocenters. The topological polar surface area (TPSA) is 50.1 Å². The number of imidazole rings is 1. The molecular weight excluding hydrogens is 190 g/mol. The van der Waals surface area contributed by atoms with E-state index in [1.54, 1.807) is 0 Å². The molecule has 4 nitrogen and oxygen atoms in total. The quantitative estimate of drug-likeness (QED) is 0.746. The van der Waals surface area contributed by atoms with Gasteiger partial charge >= 0.3 is 0 Å². The van der Waals surface area contributed by atoms with Crippen molar-refractivity contribution < 1.29 is 5.11 Å². The second-order valence-corrected chi connectivity index (χ2v) is 4.36. The molecule has 0 spiro atoms. The van der Waals surface area contributed by atoms with Gasteiger partial charge in [0.2, 0.25) is 5.95 Å². The maximum atomic E-state index is 8.95. The Morgan fingerprint density at radius 2 is 2.40 bits per heavy atom. The fourth-order valence-corrected chi connectivity index (χ4v) is 1.93. The Kier molecular flexibility index (Phi) is 2.95. The smallest absolute Gasteiger partial charge is 0.202 e. The van der Waals surface area contributed by atoms with Gasteiger partial charge in [-0.2, -0.15) is 0 Å². The zero-order valence-corrected chi connectivity index (χ0v) is 9.24. The lowest BCUT2D eigenvalue weighted by atomic mass is 10.0. The van der Waals surface area contributed by atoms with Gasteiger partial charge in [0.25, 0.3) is 0 Å². The summed E-state index contributed by atoms with van der Waals surface area (Å²) in [5.74, 6) is 0.946. The lowest BCUT2D eigenvalue weighted by Gasteiger charge is -2.15. The second kappa shape index (κ2) is 4.23. The van der Waals surface area contributed by atoms with E-state index in [4.69, 9.17) is 5.11 Å². The number of rotatable bonds is 6. The van der Waals surface area contributed by atoms with Crippen LogP contribution in [0.15, 0.2) is 12.4 Å². The lowest BCUT2D eigenvalue weighted by Crippen LogP contribution is -2.18. The molecule has 0 aromatic carbocycles. The number of aliphatic hydroxyl groups excluding tert-OH is 1. The third-order valence-corrected chi connectivity index (χ3v) is 3.28. The van der Waals surface area contributed by atoms with E-state index >= 15 is 0 Å². The molecule has 15 heavy (non-hydrogen) atoms. The summed E-state index contributed by atoms with van der Waals surface area (Å²) in [4.78, 5) is 4.27. The zero-order chi connectivity index (χ0) is 10.7. The van der Waals surface area contributed by atoms with E-state index in [9.17, 15) is 0 Å². The first-order chi connectivity index (χ1) is 7.29. The molecule has 2 N–H and O–H groups in total. The van der Waals surface area contributed by atoms with E-state index < -0.39 is 0 Å². The number of nitrogens with one attached hydrogen (secondary N) is 1. The fraction of sp³-hybridized carbons (Fsp3) is 0.727. The van der Waals surface area contributed by atoms with Gasteiger partial charge < -0.3 is 15.0 Å². The maximum absolute atomic E-state index is 8.95. The van der Waals surface area contributed by atoms with Crippen molar-refractivity contribution in [2.45, 2.75) is 32.7 Å². The van der Waals surface area contributed by atoms with Crippen molar-refractivity contribution in [2.75, 3.05) is 18.5 Å². The molecule has 0 radical (unpaired) electrons. The number of hydrogen-bond donors (Lipinski definition) is 2. The minimum atomic E-state index is 0.296. The molecule has 0 amide bonds. The number of nitrogens with zero attached hydrogens (tertiary/aromatic N) is 2. The number of anilines is 1. The van der Waals surface area contributed by atoms with Crippen molar-refractivity contribution in [1.29, 1.82) is 0 Å². The number of hydrogen-bond acceptors (Lipinski definition) is 3. The SMILES string of the molecule is CCn1ccnc1NCC1(CCO)CC1. The summed E-state index contributed by atoms with van der Waals surface area (Å²) in [5, 5.41) is 12.3. The molecule has 1 aromatic rings. The van der Waals surface area contributed by atoms with Gasteiger partial charge in [-0.15, -0.1) is 0 Å². The van der Waals surface area contributed by atoms with Gasteiger partial charge in [0.1, 0.15) is 0 Å². The molecule has 1 aliphatic rings. The standard InChI is InChI=1S/C11H19N3O/c1-2-14-7-6-12-10(14)13-9-11(3-4-11)5-8-15/h6-7,15H,2-5,8-9H2,1H3,(H,12,13). The lowest BCUT2D eigenvalue weighted by molar-refractivity contribution is 0.253. The molecule has 4 heteroatoms. The van der Waals surface area contributed by atoms with Crippen LogP contribution in [0.2, 0.25) is 0 Å². The van der Waals surface area contributed by atoms with Gasteiger partial charge in [-0.05, 0) is 31.6 Å². The Labute approximate surface area is 90.3 Å². The Hall–Kier alpha value is -1.03. The van der Waals surface area contributed by atoms with Crippen molar-refractivity contribution in [1.82, 2.24) is 9.55 Å². The third kappa shape index (κ3) is 2.31. The summed E-state index contributed by atoms with van der Waals surface area (Å²) in [6.07, 6.45) is 7.17. The van der Waals surface area contributed by atoms with Crippen molar-refractivity contribution in [3.63, 3.8) is 0 Å². The molecule has 84 valence electrons. The fourth-order valence-electron chi connectivity index (χ4n) is 1.93. The molecule has 1 saturated carbocycles. The second-order valence-electron chi connectivity index (χ2n) is 4.36. The largest absolute Gasteiger partial charge is 0.396 e. The molecule has 1 heterocycles. The van der Waals surface area contributed by atoms with Gasteiger partial charge in [0.15, 0.2) is 0 Å². The summed E-state index contributed by atoms with van der Waals surface area (Å²) >= 11 is 0. The van der Waals surface area contributed by atoms with Gasteiger partial charge in [-0.1, -0.05) is 0 Å². The predicted molar refractivity (Wildman–Crippen MR) is 59.8 cm³/mol. The first-order valence-corrected chi connectivity index (χ1v) is 5.65. The molecule has 1 aromatic heterocycles. The minimum Gasteiger partial charge on any atom is -0.396 e. The van der Waals surface area contributed by atoms with Crippen molar-refractivity contribution >= 4 is 5.95 Å². The van der Waals surface area contributed by atoms with Crippen LogP contribution in [0.3, 0.4) is 0 Å². The van der Waals surface area contributed by atoms with E-state index in [0.717, 1.165) is 25.5 Å². The molecule has 0 aliphatic heterocycles.